The van der Waals surface area contributed by atoms with Crippen molar-refractivity contribution in [3.05, 3.63) is 41.5 Å². The summed E-state index contributed by atoms with van der Waals surface area (Å²) in [5, 5.41) is 0. The van der Waals surface area contributed by atoms with Gasteiger partial charge in [0.25, 0.3) is 0 Å². The van der Waals surface area contributed by atoms with E-state index in [0.717, 1.165) is 11.1 Å². The van der Waals surface area contributed by atoms with Gasteiger partial charge in [0.15, 0.2) is 18.1 Å². The Kier molecular flexibility index (Phi) is 6.26. The van der Waals surface area contributed by atoms with Crippen molar-refractivity contribution >= 4 is 11.9 Å². The first-order valence-corrected chi connectivity index (χ1v) is 9.28. The number of carbonyl (C=O) groups excluding carboxylic acids is 2. The number of benzene rings is 2. The quantitative estimate of drug-likeness (QED) is 0.626. The van der Waals surface area contributed by atoms with Crippen molar-refractivity contribution in [1.29, 1.82) is 0 Å². The molecule has 1 aliphatic rings. The van der Waals surface area contributed by atoms with Crippen LogP contribution in [0.2, 0.25) is 0 Å². The molecule has 0 N–H and O–H groups in total. The molecule has 29 heavy (non-hydrogen) atoms. The number of fused-ring (bicyclic) bond motifs is 1. The topological polar surface area (TPSA) is 80.3 Å². The minimum Gasteiger partial charge on any atom is -0.493 e. The molecule has 0 spiro atoms. The van der Waals surface area contributed by atoms with E-state index in [4.69, 9.17) is 23.7 Å². The van der Waals surface area contributed by atoms with Crippen LogP contribution in [0.3, 0.4) is 0 Å². The van der Waals surface area contributed by atoms with Crippen molar-refractivity contribution in [1.82, 2.24) is 0 Å². The number of esters is 2. The average molecular weight is 400 g/mol. The molecule has 7 heteroatoms. The van der Waals surface area contributed by atoms with Gasteiger partial charge in [-0.05, 0) is 35.7 Å². The molecule has 154 valence electrons. The maximum Gasteiger partial charge on any atom is 0.344 e. The Morgan fingerprint density at radius 3 is 2.52 bits per heavy atom. The second-order valence-corrected chi connectivity index (χ2v) is 6.99. The molecule has 2 aromatic carbocycles. The normalized spacial score (nSPS) is 12.4. The molecule has 0 unspecified atom stereocenters. The zero-order valence-corrected chi connectivity index (χ0v) is 16.9. The molecule has 7 nitrogen and oxygen atoms in total. The van der Waals surface area contributed by atoms with Crippen molar-refractivity contribution in [3.63, 3.8) is 0 Å². The summed E-state index contributed by atoms with van der Waals surface area (Å²) in [6, 6.07) is 8.96. The smallest absolute Gasteiger partial charge is 0.344 e. The number of ether oxygens (including phenoxy) is 5. The van der Waals surface area contributed by atoms with Crippen LogP contribution in [0.4, 0.5) is 0 Å². The highest BCUT2D eigenvalue weighted by molar-refractivity contribution is 5.94. The SMILES string of the molecule is COc1ccc(-c2ccc3c(c2)COC3=O)c(OCC(=O)OCC(C)C)c1OC. The van der Waals surface area contributed by atoms with Crippen molar-refractivity contribution in [2.75, 3.05) is 27.4 Å². The Hall–Kier alpha value is -3.22. The van der Waals surface area contributed by atoms with Gasteiger partial charge in [-0.15, -0.1) is 0 Å². The number of methoxy groups -OCH3 is 2. The zero-order valence-electron chi connectivity index (χ0n) is 16.9. The van der Waals surface area contributed by atoms with Crippen molar-refractivity contribution in [2.45, 2.75) is 20.5 Å². The fourth-order valence-electron chi connectivity index (χ4n) is 3.00. The molecule has 0 aliphatic carbocycles. The molecular formula is C22H24O7. The molecule has 1 aliphatic heterocycles. The van der Waals surface area contributed by atoms with E-state index in [-0.39, 0.29) is 25.1 Å². The van der Waals surface area contributed by atoms with E-state index in [1.54, 1.807) is 18.2 Å². The van der Waals surface area contributed by atoms with Crippen LogP contribution in [0.25, 0.3) is 11.1 Å². The van der Waals surface area contributed by atoms with E-state index in [1.807, 2.05) is 26.0 Å². The maximum absolute atomic E-state index is 12.0. The summed E-state index contributed by atoms with van der Waals surface area (Å²) in [6.45, 7) is 4.20. The molecule has 0 radical (unpaired) electrons. The molecule has 0 saturated carbocycles. The highest BCUT2D eigenvalue weighted by atomic mass is 16.6. The Balaban J connectivity index is 1.95. The number of hydrogen-bond acceptors (Lipinski definition) is 7. The first-order valence-electron chi connectivity index (χ1n) is 9.28. The summed E-state index contributed by atoms with van der Waals surface area (Å²) in [5.41, 5.74) is 2.84. The van der Waals surface area contributed by atoms with Gasteiger partial charge in [-0.1, -0.05) is 19.9 Å². The predicted octanol–water partition coefficient (Wildman–Crippen LogP) is 3.62. The van der Waals surface area contributed by atoms with E-state index in [0.29, 0.717) is 35.0 Å². The minimum absolute atomic E-state index is 0.229. The predicted molar refractivity (Wildman–Crippen MR) is 105 cm³/mol. The summed E-state index contributed by atoms with van der Waals surface area (Å²) in [5.74, 6) is 0.636. The Morgan fingerprint density at radius 2 is 1.83 bits per heavy atom. The van der Waals surface area contributed by atoms with Crippen LogP contribution in [0, 0.1) is 5.92 Å². The molecule has 1 heterocycles. The number of carbonyl (C=O) groups is 2. The summed E-state index contributed by atoms with van der Waals surface area (Å²) in [7, 11) is 3.03. The summed E-state index contributed by atoms with van der Waals surface area (Å²) in [4.78, 5) is 23.8. The number of hydrogen-bond donors (Lipinski definition) is 0. The van der Waals surface area contributed by atoms with Gasteiger partial charge in [-0.25, -0.2) is 9.59 Å². The maximum atomic E-state index is 12.0. The lowest BCUT2D eigenvalue weighted by molar-refractivity contribution is -0.147. The van der Waals surface area contributed by atoms with Gasteiger partial charge in [-0.2, -0.15) is 0 Å². The average Bonchev–Trinajstić information content (AvgIpc) is 3.09. The third kappa shape index (κ3) is 4.45. The molecular weight excluding hydrogens is 376 g/mol. The molecule has 0 fully saturated rings. The fraction of sp³-hybridized carbons (Fsp3) is 0.364. The lowest BCUT2D eigenvalue weighted by atomic mass is 9.99. The van der Waals surface area contributed by atoms with Crippen molar-refractivity contribution in [3.8, 4) is 28.4 Å². The standard InChI is InChI=1S/C22H24O7/c1-13(2)10-27-19(23)12-28-20-16(7-8-18(25-3)21(20)26-4)14-5-6-17-15(9-14)11-29-22(17)24/h5-9,13H,10-12H2,1-4H3. The Morgan fingerprint density at radius 1 is 1.07 bits per heavy atom. The molecule has 0 saturated heterocycles. The highest BCUT2D eigenvalue weighted by Gasteiger charge is 2.24. The second-order valence-electron chi connectivity index (χ2n) is 6.99. The minimum atomic E-state index is -0.470. The van der Waals surface area contributed by atoms with Gasteiger partial charge in [0.05, 0.1) is 26.4 Å². The van der Waals surface area contributed by atoms with Gasteiger partial charge < -0.3 is 23.7 Å². The van der Waals surface area contributed by atoms with E-state index >= 15 is 0 Å². The van der Waals surface area contributed by atoms with Crippen molar-refractivity contribution in [2.24, 2.45) is 5.92 Å². The summed E-state index contributed by atoms with van der Waals surface area (Å²) < 4.78 is 26.9. The molecule has 3 rings (SSSR count). The van der Waals surface area contributed by atoms with Crippen LogP contribution >= 0.6 is 0 Å². The van der Waals surface area contributed by atoms with E-state index in [2.05, 4.69) is 0 Å². The van der Waals surface area contributed by atoms with Crippen LogP contribution in [0.15, 0.2) is 30.3 Å². The first kappa shape index (κ1) is 20.5. The van der Waals surface area contributed by atoms with Crippen LogP contribution in [0.5, 0.6) is 17.2 Å². The second kappa shape index (κ2) is 8.86. The fourth-order valence-corrected chi connectivity index (χ4v) is 3.00. The molecule has 0 aromatic heterocycles. The lowest BCUT2D eigenvalue weighted by Crippen LogP contribution is -2.18. The van der Waals surface area contributed by atoms with Gasteiger partial charge in [0.2, 0.25) is 5.75 Å². The van der Waals surface area contributed by atoms with Crippen LogP contribution < -0.4 is 14.2 Å². The Labute approximate surface area is 169 Å². The van der Waals surface area contributed by atoms with Crippen LogP contribution in [-0.2, 0) is 20.9 Å². The van der Waals surface area contributed by atoms with Gasteiger partial charge in [0, 0.05) is 11.1 Å². The largest absolute Gasteiger partial charge is 0.493 e. The van der Waals surface area contributed by atoms with Crippen LogP contribution in [-0.4, -0.2) is 39.4 Å². The lowest BCUT2D eigenvalue weighted by Gasteiger charge is -2.18. The van der Waals surface area contributed by atoms with Gasteiger partial charge in [0.1, 0.15) is 6.61 Å². The van der Waals surface area contributed by atoms with E-state index < -0.39 is 5.97 Å². The number of rotatable bonds is 8. The monoisotopic (exact) mass is 400 g/mol. The van der Waals surface area contributed by atoms with E-state index in [9.17, 15) is 9.59 Å². The van der Waals surface area contributed by atoms with Crippen LogP contribution in [0.1, 0.15) is 29.8 Å². The van der Waals surface area contributed by atoms with E-state index in [1.165, 1.54) is 14.2 Å². The molecule has 0 bridgehead atoms. The Bertz CT molecular complexity index is 918. The third-order valence-corrected chi connectivity index (χ3v) is 4.41. The van der Waals surface area contributed by atoms with Gasteiger partial charge >= 0.3 is 11.9 Å². The molecule has 0 amide bonds. The highest BCUT2D eigenvalue weighted by Crippen LogP contribution is 2.45. The number of cyclic esters (lactones) is 1. The first-order chi connectivity index (χ1) is 13.9. The van der Waals surface area contributed by atoms with Crippen molar-refractivity contribution < 1.29 is 33.3 Å². The zero-order chi connectivity index (χ0) is 21.0. The molecule has 0 atom stereocenters. The summed E-state index contributed by atoms with van der Waals surface area (Å²) in [6.07, 6.45) is 0. The van der Waals surface area contributed by atoms with Gasteiger partial charge in [-0.3, -0.25) is 0 Å². The molecule has 2 aromatic rings. The third-order valence-electron chi connectivity index (χ3n) is 4.41. The summed E-state index contributed by atoms with van der Waals surface area (Å²) >= 11 is 0.